The maximum Gasteiger partial charge on any atom is 0.316 e. The van der Waals surface area contributed by atoms with Crippen LogP contribution in [0.25, 0.3) is 0 Å². The van der Waals surface area contributed by atoms with Crippen LogP contribution in [-0.2, 0) is 9.59 Å². The summed E-state index contributed by atoms with van der Waals surface area (Å²) in [7, 11) is 0. The number of nitrogens with zero attached hydrogens (tertiary/aromatic N) is 1. The molecule has 5 nitrogen and oxygen atoms in total. The van der Waals surface area contributed by atoms with Gasteiger partial charge in [-0.1, -0.05) is 29.8 Å². The van der Waals surface area contributed by atoms with Gasteiger partial charge >= 0.3 is 5.97 Å². The van der Waals surface area contributed by atoms with E-state index in [9.17, 15) is 14.4 Å². The largest absolute Gasteiger partial charge is 0.425 e. The van der Waals surface area contributed by atoms with E-state index in [1.165, 1.54) is 11.8 Å². The van der Waals surface area contributed by atoms with Crippen LogP contribution in [0.15, 0.2) is 42.5 Å². The van der Waals surface area contributed by atoms with Crippen molar-refractivity contribution in [2.45, 2.75) is 20.3 Å². The number of rotatable bonds is 4. The Balaban J connectivity index is 1.75. The number of anilines is 1. The van der Waals surface area contributed by atoms with E-state index >= 15 is 0 Å². The first-order valence-electron chi connectivity index (χ1n) is 8.25. The molecule has 2 aromatic carbocycles. The monoisotopic (exact) mass is 371 g/mol. The number of Topliss-reactive ketones (excluding diaryl/α,β-unsaturated/α-hetero) is 1. The van der Waals surface area contributed by atoms with Crippen LogP contribution in [0.3, 0.4) is 0 Å². The lowest BCUT2D eigenvalue weighted by Gasteiger charge is -2.17. The van der Waals surface area contributed by atoms with Gasteiger partial charge in [-0.05, 0) is 43.7 Å². The molecule has 0 aliphatic carbocycles. The zero-order chi connectivity index (χ0) is 18.8. The second kappa shape index (κ2) is 7.30. The number of para-hydroxylation sites is 1. The van der Waals surface area contributed by atoms with E-state index in [2.05, 4.69) is 0 Å². The molecular formula is C20H18ClNO4. The Kier molecular flexibility index (Phi) is 5.09. The van der Waals surface area contributed by atoms with Crippen LogP contribution < -0.4 is 9.64 Å². The Morgan fingerprint density at radius 1 is 1.19 bits per heavy atom. The second-order valence-electron chi connectivity index (χ2n) is 6.31. The summed E-state index contributed by atoms with van der Waals surface area (Å²) in [5.74, 6) is -1.25. The molecule has 26 heavy (non-hydrogen) atoms. The number of hydrogen-bond acceptors (Lipinski definition) is 4. The van der Waals surface area contributed by atoms with Crippen LogP contribution >= 0.6 is 11.6 Å². The Hall–Kier alpha value is -2.66. The molecule has 1 atom stereocenters. The summed E-state index contributed by atoms with van der Waals surface area (Å²) in [5, 5.41) is 0.566. The molecule has 1 saturated heterocycles. The van der Waals surface area contributed by atoms with Gasteiger partial charge in [0, 0.05) is 23.7 Å². The van der Waals surface area contributed by atoms with E-state index in [1.54, 1.807) is 36.4 Å². The summed E-state index contributed by atoms with van der Waals surface area (Å²) in [4.78, 5) is 38.0. The van der Waals surface area contributed by atoms with Crippen LogP contribution in [0.2, 0.25) is 5.02 Å². The molecule has 0 radical (unpaired) electrons. The van der Waals surface area contributed by atoms with Gasteiger partial charge in [-0.25, -0.2) is 0 Å². The first-order valence-corrected chi connectivity index (χ1v) is 8.63. The molecule has 0 unspecified atom stereocenters. The lowest BCUT2D eigenvalue weighted by atomic mass is 10.1. The highest BCUT2D eigenvalue weighted by molar-refractivity contribution is 6.31. The van der Waals surface area contributed by atoms with Crippen LogP contribution in [-0.4, -0.2) is 24.2 Å². The first-order chi connectivity index (χ1) is 12.4. The van der Waals surface area contributed by atoms with Crippen LogP contribution in [0, 0.1) is 12.8 Å². The second-order valence-corrected chi connectivity index (χ2v) is 6.72. The van der Waals surface area contributed by atoms with Gasteiger partial charge < -0.3 is 9.64 Å². The van der Waals surface area contributed by atoms with E-state index in [4.69, 9.17) is 16.3 Å². The quantitative estimate of drug-likeness (QED) is 0.465. The predicted molar refractivity (Wildman–Crippen MR) is 98.7 cm³/mol. The standard InChI is InChI=1S/C20H18ClNO4/c1-12-7-8-15(10-17(12)21)22-11-14(9-19(22)24)20(25)26-18-6-4-3-5-16(18)13(2)23/h3-8,10,14H,9,11H2,1-2H3/t14-/m0/s1. The highest BCUT2D eigenvalue weighted by Crippen LogP contribution is 2.30. The smallest absolute Gasteiger partial charge is 0.316 e. The van der Waals surface area contributed by atoms with Gasteiger partial charge in [-0.2, -0.15) is 0 Å². The minimum Gasteiger partial charge on any atom is -0.425 e. The fourth-order valence-corrected chi connectivity index (χ4v) is 3.08. The molecule has 2 aromatic rings. The molecule has 1 aliphatic rings. The van der Waals surface area contributed by atoms with Crippen molar-refractivity contribution in [2.75, 3.05) is 11.4 Å². The fourth-order valence-electron chi connectivity index (χ4n) is 2.90. The maximum atomic E-state index is 12.5. The third-order valence-electron chi connectivity index (χ3n) is 4.40. The molecule has 0 N–H and O–H groups in total. The Morgan fingerprint density at radius 3 is 2.62 bits per heavy atom. The number of benzene rings is 2. The summed E-state index contributed by atoms with van der Waals surface area (Å²) in [6.07, 6.45) is 0.0621. The number of aryl methyl sites for hydroxylation is 1. The van der Waals surface area contributed by atoms with Gasteiger partial charge in [0.25, 0.3) is 0 Å². The molecular weight excluding hydrogens is 354 g/mol. The van der Waals surface area contributed by atoms with Crippen molar-refractivity contribution in [3.63, 3.8) is 0 Å². The summed E-state index contributed by atoms with van der Waals surface area (Å²) >= 11 is 6.13. The highest BCUT2D eigenvalue weighted by Gasteiger charge is 2.36. The molecule has 1 heterocycles. The van der Waals surface area contributed by atoms with Crippen molar-refractivity contribution in [3.05, 3.63) is 58.6 Å². The maximum absolute atomic E-state index is 12.5. The lowest BCUT2D eigenvalue weighted by Crippen LogP contribution is -2.27. The summed E-state index contributed by atoms with van der Waals surface area (Å²) in [5.41, 5.74) is 1.91. The van der Waals surface area contributed by atoms with Crippen molar-refractivity contribution >= 4 is 34.9 Å². The van der Waals surface area contributed by atoms with Crippen molar-refractivity contribution in [2.24, 2.45) is 5.92 Å². The highest BCUT2D eigenvalue weighted by atomic mass is 35.5. The van der Waals surface area contributed by atoms with Crippen molar-refractivity contribution in [3.8, 4) is 5.75 Å². The number of esters is 1. The Morgan fingerprint density at radius 2 is 1.92 bits per heavy atom. The van der Waals surface area contributed by atoms with Gasteiger partial charge in [0.05, 0.1) is 11.5 Å². The van der Waals surface area contributed by atoms with Crippen molar-refractivity contribution < 1.29 is 19.1 Å². The number of carbonyl (C=O) groups excluding carboxylic acids is 3. The van der Waals surface area contributed by atoms with Crippen LogP contribution in [0.1, 0.15) is 29.3 Å². The fraction of sp³-hybridized carbons (Fsp3) is 0.250. The lowest BCUT2D eigenvalue weighted by molar-refractivity contribution is -0.139. The van der Waals surface area contributed by atoms with Crippen molar-refractivity contribution in [1.82, 2.24) is 0 Å². The zero-order valence-corrected chi connectivity index (χ0v) is 15.2. The Labute approximate surface area is 156 Å². The summed E-state index contributed by atoms with van der Waals surface area (Å²) in [6.45, 7) is 3.51. The molecule has 1 aliphatic heterocycles. The molecule has 1 amide bonds. The number of hydrogen-bond donors (Lipinski definition) is 0. The predicted octanol–water partition coefficient (Wildman–Crippen LogP) is 3.81. The number of ether oxygens (including phenoxy) is 1. The average Bonchev–Trinajstić information content (AvgIpc) is 2.99. The van der Waals surface area contributed by atoms with Crippen molar-refractivity contribution in [1.29, 1.82) is 0 Å². The normalized spacial score (nSPS) is 16.7. The molecule has 0 aromatic heterocycles. The molecule has 0 spiro atoms. The number of carbonyl (C=O) groups is 3. The van der Waals surface area contributed by atoms with Gasteiger partial charge in [-0.15, -0.1) is 0 Å². The van der Waals surface area contributed by atoms with Gasteiger partial charge in [-0.3, -0.25) is 14.4 Å². The van der Waals surface area contributed by atoms with Crippen LogP contribution in [0.5, 0.6) is 5.75 Å². The third-order valence-corrected chi connectivity index (χ3v) is 4.81. The molecule has 6 heteroatoms. The Bertz CT molecular complexity index is 893. The molecule has 1 fully saturated rings. The SMILES string of the molecule is CC(=O)c1ccccc1OC(=O)[C@H]1CC(=O)N(c2ccc(C)c(Cl)c2)C1. The minimum atomic E-state index is -0.595. The molecule has 0 bridgehead atoms. The topological polar surface area (TPSA) is 63.7 Å². The third kappa shape index (κ3) is 3.63. The van der Waals surface area contributed by atoms with E-state index in [-0.39, 0.29) is 30.4 Å². The number of halogens is 1. The van der Waals surface area contributed by atoms with Gasteiger partial charge in [0.1, 0.15) is 5.75 Å². The zero-order valence-electron chi connectivity index (χ0n) is 14.5. The number of amides is 1. The molecule has 0 saturated carbocycles. The number of ketones is 1. The van der Waals surface area contributed by atoms with Gasteiger partial charge in [0.2, 0.25) is 5.91 Å². The van der Waals surface area contributed by atoms with Crippen LogP contribution in [0.4, 0.5) is 5.69 Å². The van der Waals surface area contributed by atoms with E-state index in [0.29, 0.717) is 16.3 Å². The average molecular weight is 372 g/mol. The van der Waals surface area contributed by atoms with E-state index in [1.807, 2.05) is 13.0 Å². The minimum absolute atomic E-state index is 0.0621. The van der Waals surface area contributed by atoms with E-state index in [0.717, 1.165) is 5.56 Å². The summed E-state index contributed by atoms with van der Waals surface area (Å²) < 4.78 is 5.40. The molecule has 3 rings (SSSR count). The summed E-state index contributed by atoms with van der Waals surface area (Å²) in [6, 6.07) is 11.9. The molecule has 134 valence electrons. The first kappa shape index (κ1) is 18.1. The van der Waals surface area contributed by atoms with E-state index < -0.39 is 11.9 Å². The van der Waals surface area contributed by atoms with Gasteiger partial charge in [0.15, 0.2) is 5.78 Å².